The molecule has 0 aromatic carbocycles. The Morgan fingerprint density at radius 2 is 2.43 bits per heavy atom. The van der Waals surface area contributed by atoms with E-state index in [4.69, 9.17) is 5.73 Å². The zero-order chi connectivity index (χ0) is 10.4. The van der Waals surface area contributed by atoms with Crippen molar-refractivity contribution in [2.45, 2.75) is 32.4 Å². The molecule has 1 heterocycles. The number of nitrogens with two attached hydrogens (primary N) is 1. The summed E-state index contributed by atoms with van der Waals surface area (Å²) in [6.45, 7) is 3.07. The van der Waals surface area contributed by atoms with Gasteiger partial charge in [0.25, 0.3) is 0 Å². The van der Waals surface area contributed by atoms with Crippen molar-refractivity contribution in [3.05, 3.63) is 18.2 Å². The molecule has 80 valence electrons. The van der Waals surface area contributed by atoms with Gasteiger partial charge >= 0.3 is 0 Å². The Kier molecular flexibility index (Phi) is 5.04. The van der Waals surface area contributed by atoms with Crippen molar-refractivity contribution in [2.24, 2.45) is 5.73 Å². The molecule has 0 aliphatic rings. The Bertz CT molecular complexity index is 258. The summed E-state index contributed by atoms with van der Waals surface area (Å²) in [4.78, 5) is 4.31. The summed E-state index contributed by atoms with van der Waals surface area (Å²) < 4.78 is 2.15. The van der Waals surface area contributed by atoms with Gasteiger partial charge in [0.15, 0.2) is 0 Å². The molecular formula is C10H19N3S. The maximum Gasteiger partial charge on any atom is 0.0949 e. The number of thioether (sulfide) groups is 1. The van der Waals surface area contributed by atoms with E-state index in [0.717, 1.165) is 18.7 Å². The highest BCUT2D eigenvalue weighted by Gasteiger charge is 2.01. The molecule has 0 amide bonds. The molecule has 0 fully saturated rings. The lowest BCUT2D eigenvalue weighted by molar-refractivity contribution is 0.680. The van der Waals surface area contributed by atoms with Crippen molar-refractivity contribution >= 4 is 11.8 Å². The molecule has 1 aromatic rings. The van der Waals surface area contributed by atoms with Crippen LogP contribution >= 0.6 is 11.8 Å². The zero-order valence-corrected chi connectivity index (χ0v) is 9.76. The summed E-state index contributed by atoms with van der Waals surface area (Å²) in [6, 6.07) is 0.199. The van der Waals surface area contributed by atoms with Crippen LogP contribution in [0.3, 0.4) is 0 Å². The van der Waals surface area contributed by atoms with Gasteiger partial charge in [-0.15, -0.1) is 0 Å². The predicted molar refractivity (Wildman–Crippen MR) is 62.6 cm³/mol. The molecule has 0 radical (unpaired) electrons. The quantitative estimate of drug-likeness (QED) is 0.729. The van der Waals surface area contributed by atoms with Gasteiger partial charge in [-0.3, -0.25) is 0 Å². The summed E-state index contributed by atoms with van der Waals surface area (Å²) >= 11 is 1.88. The van der Waals surface area contributed by atoms with Gasteiger partial charge in [-0.2, -0.15) is 11.8 Å². The molecule has 0 spiro atoms. The first-order chi connectivity index (χ1) is 6.72. The van der Waals surface area contributed by atoms with E-state index in [-0.39, 0.29) is 6.04 Å². The minimum Gasteiger partial charge on any atom is -0.337 e. The van der Waals surface area contributed by atoms with Crippen LogP contribution < -0.4 is 5.73 Å². The average Bonchev–Trinajstić information content (AvgIpc) is 2.52. The highest BCUT2D eigenvalue weighted by molar-refractivity contribution is 7.98. The second-order valence-corrected chi connectivity index (χ2v) is 4.62. The number of hydrogen-bond donors (Lipinski definition) is 1. The molecule has 0 aliphatic carbocycles. The molecule has 3 nitrogen and oxygen atoms in total. The van der Waals surface area contributed by atoms with Crippen LogP contribution in [0.15, 0.2) is 12.5 Å². The largest absolute Gasteiger partial charge is 0.337 e. The van der Waals surface area contributed by atoms with E-state index >= 15 is 0 Å². The number of aryl methyl sites for hydroxylation is 1. The molecule has 1 atom stereocenters. The van der Waals surface area contributed by atoms with Crippen LogP contribution in [0.1, 0.15) is 19.0 Å². The highest BCUT2D eigenvalue weighted by Crippen LogP contribution is 2.02. The fourth-order valence-corrected chi connectivity index (χ4v) is 1.77. The van der Waals surface area contributed by atoms with Gasteiger partial charge in [-0.05, 0) is 25.4 Å². The summed E-state index contributed by atoms with van der Waals surface area (Å²) in [5.41, 5.74) is 6.80. The molecule has 0 saturated heterocycles. The Morgan fingerprint density at radius 3 is 3.07 bits per heavy atom. The van der Waals surface area contributed by atoms with Crippen molar-refractivity contribution in [2.75, 3.05) is 12.0 Å². The van der Waals surface area contributed by atoms with E-state index < -0.39 is 0 Å². The van der Waals surface area contributed by atoms with E-state index in [1.54, 1.807) is 0 Å². The zero-order valence-electron chi connectivity index (χ0n) is 8.94. The molecule has 0 aliphatic heterocycles. The van der Waals surface area contributed by atoms with Crippen LogP contribution in [0, 0.1) is 0 Å². The van der Waals surface area contributed by atoms with Crippen LogP contribution in [0.4, 0.5) is 0 Å². The highest BCUT2D eigenvalue weighted by atomic mass is 32.2. The summed E-state index contributed by atoms with van der Waals surface area (Å²) in [5.74, 6) is 1.21. The summed E-state index contributed by atoms with van der Waals surface area (Å²) in [7, 11) is 0. The predicted octanol–water partition coefficient (Wildman–Crippen LogP) is 1.53. The SMILES string of the molecule is CSCCCn1cnc(CC(C)N)c1. The number of rotatable bonds is 6. The fourth-order valence-electron chi connectivity index (χ4n) is 1.36. The molecule has 0 bridgehead atoms. The average molecular weight is 213 g/mol. The topological polar surface area (TPSA) is 43.8 Å². The number of hydrogen-bond acceptors (Lipinski definition) is 3. The fraction of sp³-hybridized carbons (Fsp3) is 0.700. The Morgan fingerprint density at radius 1 is 1.64 bits per heavy atom. The lowest BCUT2D eigenvalue weighted by atomic mass is 10.2. The minimum absolute atomic E-state index is 0.199. The van der Waals surface area contributed by atoms with Crippen LogP contribution in [-0.2, 0) is 13.0 Å². The molecule has 2 N–H and O–H groups in total. The molecule has 14 heavy (non-hydrogen) atoms. The van der Waals surface area contributed by atoms with Crippen LogP contribution in [0.2, 0.25) is 0 Å². The molecule has 4 heteroatoms. The molecule has 1 rings (SSSR count). The third-order valence-corrected chi connectivity index (χ3v) is 2.68. The number of aromatic nitrogens is 2. The van der Waals surface area contributed by atoms with Crippen molar-refractivity contribution < 1.29 is 0 Å². The number of nitrogens with zero attached hydrogens (tertiary/aromatic N) is 2. The summed E-state index contributed by atoms with van der Waals surface area (Å²) in [6.07, 6.45) is 8.21. The monoisotopic (exact) mass is 213 g/mol. The van der Waals surface area contributed by atoms with Crippen molar-refractivity contribution in [3.8, 4) is 0 Å². The van der Waals surface area contributed by atoms with Gasteiger partial charge in [-0.1, -0.05) is 0 Å². The molecule has 1 unspecified atom stereocenters. The Labute approximate surface area is 90.1 Å². The van der Waals surface area contributed by atoms with E-state index in [1.807, 2.05) is 25.0 Å². The van der Waals surface area contributed by atoms with E-state index in [9.17, 15) is 0 Å². The first-order valence-electron chi connectivity index (χ1n) is 4.97. The van der Waals surface area contributed by atoms with Gasteiger partial charge in [0.05, 0.1) is 12.0 Å². The van der Waals surface area contributed by atoms with E-state index in [2.05, 4.69) is 22.0 Å². The van der Waals surface area contributed by atoms with Crippen LogP contribution in [0.25, 0.3) is 0 Å². The van der Waals surface area contributed by atoms with Gasteiger partial charge in [0.2, 0.25) is 0 Å². The summed E-state index contributed by atoms with van der Waals surface area (Å²) in [5, 5.41) is 0. The van der Waals surface area contributed by atoms with E-state index in [0.29, 0.717) is 0 Å². The molecule has 1 aromatic heterocycles. The number of imidazole rings is 1. The third kappa shape index (κ3) is 4.15. The second kappa shape index (κ2) is 6.09. The first kappa shape index (κ1) is 11.6. The van der Waals surface area contributed by atoms with Crippen LogP contribution in [-0.4, -0.2) is 27.6 Å². The third-order valence-electron chi connectivity index (χ3n) is 1.98. The smallest absolute Gasteiger partial charge is 0.0949 e. The lowest BCUT2D eigenvalue weighted by Crippen LogP contribution is -2.17. The maximum atomic E-state index is 5.70. The second-order valence-electron chi connectivity index (χ2n) is 3.63. The Hall–Kier alpha value is -0.480. The standard InChI is InChI=1S/C10H19N3S/c1-9(11)6-10-7-13(8-12-10)4-3-5-14-2/h7-9H,3-6,11H2,1-2H3. The minimum atomic E-state index is 0.199. The van der Waals surface area contributed by atoms with Gasteiger partial charge in [0, 0.05) is 25.2 Å². The van der Waals surface area contributed by atoms with Crippen molar-refractivity contribution in [3.63, 3.8) is 0 Å². The van der Waals surface area contributed by atoms with Gasteiger partial charge < -0.3 is 10.3 Å². The maximum absolute atomic E-state index is 5.70. The van der Waals surface area contributed by atoms with Crippen molar-refractivity contribution in [1.29, 1.82) is 0 Å². The van der Waals surface area contributed by atoms with Crippen LogP contribution in [0.5, 0.6) is 0 Å². The molecular weight excluding hydrogens is 194 g/mol. The first-order valence-corrected chi connectivity index (χ1v) is 6.37. The van der Waals surface area contributed by atoms with E-state index in [1.165, 1.54) is 12.2 Å². The van der Waals surface area contributed by atoms with Gasteiger partial charge in [0.1, 0.15) is 0 Å². The Balaban J connectivity index is 2.35. The molecule has 0 saturated carbocycles. The normalized spacial score (nSPS) is 13.1. The van der Waals surface area contributed by atoms with Crippen molar-refractivity contribution in [1.82, 2.24) is 9.55 Å². The lowest BCUT2D eigenvalue weighted by Gasteiger charge is -2.01. The van der Waals surface area contributed by atoms with Gasteiger partial charge in [-0.25, -0.2) is 4.98 Å².